The molecule has 0 radical (unpaired) electrons. The lowest BCUT2D eigenvalue weighted by atomic mass is 10.4. The molecule has 0 saturated heterocycles. The summed E-state index contributed by atoms with van der Waals surface area (Å²) in [5.74, 6) is 0.625. The Labute approximate surface area is 93.4 Å². The SMILES string of the molecule is COC(C)CNc1ncc(Cl)cc1Cl. The van der Waals surface area contributed by atoms with Crippen molar-refractivity contribution in [1.82, 2.24) is 4.98 Å². The van der Waals surface area contributed by atoms with Gasteiger partial charge in [0.1, 0.15) is 5.82 Å². The molecule has 1 aromatic heterocycles. The summed E-state index contributed by atoms with van der Waals surface area (Å²) in [6, 6.07) is 1.65. The number of halogens is 2. The molecule has 0 aromatic carbocycles. The Bertz CT molecular complexity index is 307. The van der Waals surface area contributed by atoms with Crippen LogP contribution in [0.25, 0.3) is 0 Å². The molecule has 1 atom stereocenters. The van der Waals surface area contributed by atoms with Crippen LogP contribution in [-0.2, 0) is 4.74 Å². The van der Waals surface area contributed by atoms with Crippen LogP contribution in [0.4, 0.5) is 5.82 Å². The van der Waals surface area contributed by atoms with Crippen LogP contribution in [-0.4, -0.2) is 24.7 Å². The Hall–Kier alpha value is -0.510. The van der Waals surface area contributed by atoms with Crippen molar-refractivity contribution in [1.29, 1.82) is 0 Å². The molecule has 1 aromatic rings. The van der Waals surface area contributed by atoms with Gasteiger partial charge in [0.05, 0.1) is 16.1 Å². The predicted molar refractivity (Wildman–Crippen MR) is 59.2 cm³/mol. The molecule has 3 nitrogen and oxygen atoms in total. The van der Waals surface area contributed by atoms with Gasteiger partial charge in [0.15, 0.2) is 0 Å². The second-order valence-corrected chi connectivity index (χ2v) is 3.75. The van der Waals surface area contributed by atoms with Gasteiger partial charge in [0.2, 0.25) is 0 Å². The zero-order valence-electron chi connectivity index (χ0n) is 8.05. The van der Waals surface area contributed by atoms with Gasteiger partial charge < -0.3 is 10.1 Å². The summed E-state index contributed by atoms with van der Waals surface area (Å²) in [5, 5.41) is 4.11. The van der Waals surface area contributed by atoms with Crippen molar-refractivity contribution >= 4 is 29.0 Å². The third-order valence-corrected chi connectivity index (χ3v) is 2.26. The smallest absolute Gasteiger partial charge is 0.144 e. The number of nitrogens with one attached hydrogen (secondary N) is 1. The molecule has 1 heterocycles. The first-order chi connectivity index (χ1) is 6.63. The molecule has 1 N–H and O–H groups in total. The van der Waals surface area contributed by atoms with Crippen molar-refractivity contribution < 1.29 is 4.74 Å². The Morgan fingerprint density at radius 1 is 1.57 bits per heavy atom. The molecule has 0 aliphatic rings. The number of anilines is 1. The van der Waals surface area contributed by atoms with Crippen LogP contribution < -0.4 is 5.32 Å². The largest absolute Gasteiger partial charge is 0.380 e. The van der Waals surface area contributed by atoms with E-state index in [1.54, 1.807) is 19.4 Å². The zero-order valence-corrected chi connectivity index (χ0v) is 9.56. The van der Waals surface area contributed by atoms with Crippen LogP contribution in [0.2, 0.25) is 10.0 Å². The van der Waals surface area contributed by atoms with E-state index < -0.39 is 0 Å². The van der Waals surface area contributed by atoms with Gasteiger partial charge >= 0.3 is 0 Å². The summed E-state index contributed by atoms with van der Waals surface area (Å²) in [5.41, 5.74) is 0. The number of hydrogen-bond acceptors (Lipinski definition) is 3. The topological polar surface area (TPSA) is 34.1 Å². The van der Waals surface area contributed by atoms with Gasteiger partial charge in [0, 0.05) is 19.9 Å². The summed E-state index contributed by atoms with van der Waals surface area (Å²) in [4.78, 5) is 4.05. The molecule has 0 aliphatic heterocycles. The summed E-state index contributed by atoms with van der Waals surface area (Å²) < 4.78 is 5.08. The third kappa shape index (κ3) is 3.33. The maximum atomic E-state index is 5.91. The van der Waals surface area contributed by atoms with Crippen LogP contribution in [0.3, 0.4) is 0 Å². The Kier molecular flexibility index (Phi) is 4.45. The van der Waals surface area contributed by atoms with E-state index in [2.05, 4.69) is 10.3 Å². The minimum absolute atomic E-state index is 0.114. The third-order valence-electron chi connectivity index (χ3n) is 1.77. The molecular weight excluding hydrogens is 223 g/mol. The van der Waals surface area contributed by atoms with Gasteiger partial charge in [-0.25, -0.2) is 4.98 Å². The lowest BCUT2D eigenvalue weighted by Crippen LogP contribution is -2.18. The molecule has 0 spiro atoms. The highest BCUT2D eigenvalue weighted by molar-refractivity contribution is 6.35. The first-order valence-electron chi connectivity index (χ1n) is 4.21. The highest BCUT2D eigenvalue weighted by Gasteiger charge is 2.04. The minimum atomic E-state index is 0.114. The van der Waals surface area contributed by atoms with E-state index in [0.29, 0.717) is 22.4 Å². The Balaban J connectivity index is 2.59. The van der Waals surface area contributed by atoms with Crippen LogP contribution in [0.15, 0.2) is 12.3 Å². The van der Waals surface area contributed by atoms with Gasteiger partial charge in [-0.1, -0.05) is 23.2 Å². The highest BCUT2D eigenvalue weighted by atomic mass is 35.5. The normalized spacial score (nSPS) is 12.6. The van der Waals surface area contributed by atoms with Gasteiger partial charge in [-0.2, -0.15) is 0 Å². The standard InChI is InChI=1S/C9H12Cl2N2O/c1-6(14-2)4-12-9-8(11)3-7(10)5-13-9/h3,5-6H,4H2,1-2H3,(H,12,13). The number of nitrogens with zero attached hydrogens (tertiary/aromatic N) is 1. The molecule has 1 unspecified atom stereocenters. The fourth-order valence-corrected chi connectivity index (χ4v) is 1.32. The summed E-state index contributed by atoms with van der Waals surface area (Å²) in [7, 11) is 1.66. The monoisotopic (exact) mass is 234 g/mol. The molecule has 0 saturated carbocycles. The number of hydrogen-bond donors (Lipinski definition) is 1. The van der Waals surface area contributed by atoms with Crippen LogP contribution >= 0.6 is 23.2 Å². The number of methoxy groups -OCH3 is 1. The van der Waals surface area contributed by atoms with Crippen molar-refractivity contribution in [2.24, 2.45) is 0 Å². The van der Waals surface area contributed by atoms with E-state index in [0.717, 1.165) is 0 Å². The fraction of sp³-hybridized carbons (Fsp3) is 0.444. The minimum Gasteiger partial charge on any atom is -0.380 e. The van der Waals surface area contributed by atoms with Gasteiger partial charge in [0.25, 0.3) is 0 Å². The maximum absolute atomic E-state index is 5.91. The molecule has 0 aliphatic carbocycles. The molecule has 5 heteroatoms. The molecule has 0 bridgehead atoms. The van der Waals surface area contributed by atoms with Crippen molar-refractivity contribution in [3.63, 3.8) is 0 Å². The average Bonchev–Trinajstić information content (AvgIpc) is 2.16. The molecule has 0 amide bonds. The van der Waals surface area contributed by atoms with Crippen molar-refractivity contribution in [2.45, 2.75) is 13.0 Å². The quantitative estimate of drug-likeness (QED) is 0.871. The van der Waals surface area contributed by atoms with E-state index in [1.807, 2.05) is 6.92 Å². The van der Waals surface area contributed by atoms with E-state index in [1.165, 1.54) is 0 Å². The molecule has 1 rings (SSSR count). The van der Waals surface area contributed by atoms with E-state index >= 15 is 0 Å². The van der Waals surface area contributed by atoms with Crippen molar-refractivity contribution in [3.8, 4) is 0 Å². The van der Waals surface area contributed by atoms with Crippen molar-refractivity contribution in [2.75, 3.05) is 19.0 Å². The molecular formula is C9H12Cl2N2O. The molecule has 78 valence electrons. The summed E-state index contributed by atoms with van der Waals surface area (Å²) in [6.45, 7) is 2.61. The number of ether oxygens (including phenoxy) is 1. The second kappa shape index (κ2) is 5.39. The lowest BCUT2D eigenvalue weighted by Gasteiger charge is -2.11. The van der Waals surface area contributed by atoms with Gasteiger partial charge in [-0.05, 0) is 13.0 Å². The average molecular weight is 235 g/mol. The second-order valence-electron chi connectivity index (χ2n) is 2.91. The number of pyridine rings is 1. The van der Waals surface area contributed by atoms with Gasteiger partial charge in [-0.3, -0.25) is 0 Å². The molecule has 14 heavy (non-hydrogen) atoms. The Morgan fingerprint density at radius 2 is 2.29 bits per heavy atom. The number of rotatable bonds is 4. The summed E-state index contributed by atoms with van der Waals surface area (Å²) >= 11 is 11.6. The van der Waals surface area contributed by atoms with E-state index in [9.17, 15) is 0 Å². The van der Waals surface area contributed by atoms with Crippen LogP contribution in [0.5, 0.6) is 0 Å². The zero-order chi connectivity index (χ0) is 10.6. The molecule has 0 fully saturated rings. The van der Waals surface area contributed by atoms with E-state index in [4.69, 9.17) is 27.9 Å². The van der Waals surface area contributed by atoms with Gasteiger partial charge in [-0.15, -0.1) is 0 Å². The Morgan fingerprint density at radius 3 is 2.86 bits per heavy atom. The van der Waals surface area contributed by atoms with E-state index in [-0.39, 0.29) is 6.10 Å². The predicted octanol–water partition coefficient (Wildman–Crippen LogP) is 2.84. The first kappa shape index (κ1) is 11.6. The lowest BCUT2D eigenvalue weighted by molar-refractivity contribution is 0.128. The van der Waals surface area contributed by atoms with Crippen LogP contribution in [0, 0.1) is 0 Å². The fourth-order valence-electron chi connectivity index (χ4n) is 0.868. The maximum Gasteiger partial charge on any atom is 0.144 e. The summed E-state index contributed by atoms with van der Waals surface area (Å²) in [6.07, 6.45) is 1.66. The van der Waals surface area contributed by atoms with Crippen LogP contribution in [0.1, 0.15) is 6.92 Å². The first-order valence-corrected chi connectivity index (χ1v) is 4.96. The van der Waals surface area contributed by atoms with Crippen molar-refractivity contribution in [3.05, 3.63) is 22.3 Å². The number of aromatic nitrogens is 1. The highest BCUT2D eigenvalue weighted by Crippen LogP contribution is 2.22.